The van der Waals surface area contributed by atoms with Crippen LogP contribution in [-0.4, -0.2) is 57.1 Å². The van der Waals surface area contributed by atoms with Crippen molar-refractivity contribution in [3.63, 3.8) is 0 Å². The van der Waals surface area contributed by atoms with Crippen molar-refractivity contribution < 1.29 is 22.6 Å². The molecule has 1 fully saturated rings. The minimum absolute atomic E-state index is 0.0155. The number of halogens is 3. The van der Waals surface area contributed by atoms with Crippen molar-refractivity contribution in [2.75, 3.05) is 26.3 Å². The van der Waals surface area contributed by atoms with Crippen molar-refractivity contribution in [1.82, 2.24) is 24.4 Å². The highest BCUT2D eigenvalue weighted by Gasteiger charge is 2.28. The zero-order valence-electron chi connectivity index (χ0n) is 17.4. The molecule has 0 saturated carbocycles. The Morgan fingerprint density at radius 2 is 1.72 bits per heavy atom. The van der Waals surface area contributed by atoms with Gasteiger partial charge in [-0.3, -0.25) is 14.2 Å². The number of likely N-dealkylation sites (tertiary alicyclic amines) is 1. The SMILES string of the molecule is O=c1[nH]c2cnc(OCCCOC(F)(F)F)nc2n1Cc1ccc(CN2CCCC2)cc1. The molecule has 1 aliphatic rings. The predicted octanol–water partition coefficient (Wildman–Crippen LogP) is 3.07. The van der Waals surface area contributed by atoms with Gasteiger partial charge in [-0.15, -0.1) is 13.2 Å². The van der Waals surface area contributed by atoms with Crippen LogP contribution in [0, 0.1) is 0 Å². The van der Waals surface area contributed by atoms with E-state index >= 15 is 0 Å². The van der Waals surface area contributed by atoms with Crippen molar-refractivity contribution in [3.8, 4) is 6.01 Å². The van der Waals surface area contributed by atoms with Gasteiger partial charge >= 0.3 is 18.1 Å². The van der Waals surface area contributed by atoms with Crippen molar-refractivity contribution in [3.05, 3.63) is 52.1 Å². The minimum Gasteiger partial charge on any atom is -0.463 e. The Kier molecular flexibility index (Phi) is 6.75. The van der Waals surface area contributed by atoms with Crippen LogP contribution >= 0.6 is 0 Å². The second kappa shape index (κ2) is 9.70. The number of aromatic amines is 1. The Hall–Kier alpha value is -2.92. The van der Waals surface area contributed by atoms with E-state index in [2.05, 4.69) is 36.7 Å². The molecule has 8 nitrogen and oxygen atoms in total. The van der Waals surface area contributed by atoms with E-state index in [9.17, 15) is 18.0 Å². The van der Waals surface area contributed by atoms with Crippen molar-refractivity contribution >= 4 is 11.2 Å². The molecule has 3 heterocycles. The molecule has 0 atom stereocenters. The van der Waals surface area contributed by atoms with Crippen LogP contribution in [0.2, 0.25) is 0 Å². The van der Waals surface area contributed by atoms with Crippen LogP contribution in [-0.2, 0) is 17.8 Å². The Morgan fingerprint density at radius 3 is 2.41 bits per heavy atom. The Morgan fingerprint density at radius 1 is 1.03 bits per heavy atom. The Balaban J connectivity index is 1.40. The molecule has 0 radical (unpaired) electrons. The smallest absolute Gasteiger partial charge is 0.463 e. The molecule has 3 aromatic rings. The average Bonchev–Trinajstić information content (AvgIpc) is 3.36. The van der Waals surface area contributed by atoms with Gasteiger partial charge in [0.2, 0.25) is 0 Å². The molecular formula is C21H24F3N5O3. The molecule has 11 heteroatoms. The summed E-state index contributed by atoms with van der Waals surface area (Å²) in [6, 6.07) is 8.12. The molecule has 1 saturated heterocycles. The quantitative estimate of drug-likeness (QED) is 0.504. The van der Waals surface area contributed by atoms with Gasteiger partial charge in [-0.25, -0.2) is 9.78 Å². The number of nitrogens with zero attached hydrogens (tertiary/aromatic N) is 4. The fraction of sp³-hybridized carbons (Fsp3) is 0.476. The maximum absolute atomic E-state index is 12.4. The number of alkyl halides is 3. The van der Waals surface area contributed by atoms with Gasteiger partial charge in [0.25, 0.3) is 0 Å². The molecule has 1 aromatic carbocycles. The molecule has 0 aliphatic carbocycles. The number of imidazole rings is 1. The first-order chi connectivity index (χ1) is 15.4. The van der Waals surface area contributed by atoms with Crippen LogP contribution in [0.25, 0.3) is 11.2 Å². The van der Waals surface area contributed by atoms with Crippen molar-refractivity contribution in [2.24, 2.45) is 0 Å². The second-order valence-corrected chi connectivity index (χ2v) is 7.70. The Bertz CT molecular complexity index is 1090. The maximum atomic E-state index is 12.4. The van der Waals surface area contributed by atoms with Gasteiger partial charge in [-0.1, -0.05) is 24.3 Å². The topological polar surface area (TPSA) is 85.3 Å². The molecule has 0 unspecified atom stereocenters. The largest absolute Gasteiger partial charge is 0.522 e. The van der Waals surface area contributed by atoms with E-state index < -0.39 is 13.0 Å². The number of aromatic nitrogens is 4. The van der Waals surface area contributed by atoms with E-state index in [1.807, 2.05) is 12.1 Å². The van der Waals surface area contributed by atoms with Gasteiger partial charge in [0, 0.05) is 13.0 Å². The lowest BCUT2D eigenvalue weighted by atomic mass is 10.1. The van der Waals surface area contributed by atoms with Gasteiger partial charge in [0.15, 0.2) is 5.65 Å². The molecule has 0 bridgehead atoms. The molecule has 172 valence electrons. The first-order valence-electron chi connectivity index (χ1n) is 10.5. The van der Waals surface area contributed by atoms with E-state index in [1.165, 1.54) is 29.2 Å². The van der Waals surface area contributed by atoms with Gasteiger partial charge in [0.1, 0.15) is 5.52 Å². The lowest BCUT2D eigenvalue weighted by molar-refractivity contribution is -0.324. The summed E-state index contributed by atoms with van der Waals surface area (Å²) in [4.78, 5) is 25.8. The van der Waals surface area contributed by atoms with Crippen LogP contribution in [0.5, 0.6) is 6.01 Å². The van der Waals surface area contributed by atoms with Crippen LogP contribution in [0.1, 0.15) is 30.4 Å². The fourth-order valence-corrected chi connectivity index (χ4v) is 3.69. The lowest BCUT2D eigenvalue weighted by Gasteiger charge is -2.14. The lowest BCUT2D eigenvalue weighted by Crippen LogP contribution is -2.19. The van der Waals surface area contributed by atoms with Gasteiger partial charge < -0.3 is 9.72 Å². The summed E-state index contributed by atoms with van der Waals surface area (Å²) in [5, 5.41) is 0. The molecule has 1 aliphatic heterocycles. The zero-order chi connectivity index (χ0) is 22.6. The van der Waals surface area contributed by atoms with E-state index in [1.54, 1.807) is 0 Å². The normalized spacial score (nSPS) is 15.0. The third-order valence-electron chi connectivity index (χ3n) is 5.24. The van der Waals surface area contributed by atoms with Gasteiger partial charge in [-0.2, -0.15) is 4.98 Å². The number of hydrogen-bond donors (Lipinski definition) is 1. The predicted molar refractivity (Wildman–Crippen MR) is 110 cm³/mol. The number of nitrogens with one attached hydrogen (secondary N) is 1. The minimum atomic E-state index is -4.66. The zero-order valence-corrected chi connectivity index (χ0v) is 17.4. The first kappa shape index (κ1) is 22.3. The monoisotopic (exact) mass is 451 g/mol. The number of hydrogen-bond acceptors (Lipinski definition) is 6. The summed E-state index contributed by atoms with van der Waals surface area (Å²) in [6.45, 7) is 2.94. The van der Waals surface area contributed by atoms with Crippen molar-refractivity contribution in [1.29, 1.82) is 0 Å². The molecular weight excluding hydrogens is 427 g/mol. The van der Waals surface area contributed by atoms with Gasteiger partial charge in [-0.05, 0) is 37.1 Å². The van der Waals surface area contributed by atoms with E-state index in [0.717, 1.165) is 25.2 Å². The molecule has 2 aromatic heterocycles. The third-order valence-corrected chi connectivity index (χ3v) is 5.24. The molecule has 0 amide bonds. The number of benzene rings is 1. The highest BCUT2D eigenvalue weighted by Crippen LogP contribution is 2.17. The first-order valence-corrected chi connectivity index (χ1v) is 10.5. The van der Waals surface area contributed by atoms with E-state index in [0.29, 0.717) is 17.7 Å². The highest BCUT2D eigenvalue weighted by atomic mass is 19.4. The summed E-state index contributed by atoms with van der Waals surface area (Å²) in [5.41, 5.74) is 2.67. The van der Waals surface area contributed by atoms with Crippen LogP contribution in [0.4, 0.5) is 13.2 Å². The molecule has 0 spiro atoms. The summed E-state index contributed by atoms with van der Waals surface area (Å²) in [6.07, 6.45) is -0.735. The fourth-order valence-electron chi connectivity index (χ4n) is 3.69. The number of rotatable bonds is 9. The molecule has 1 N–H and O–H groups in total. The summed E-state index contributed by atoms with van der Waals surface area (Å²) < 4.78 is 46.5. The summed E-state index contributed by atoms with van der Waals surface area (Å²) in [7, 11) is 0. The van der Waals surface area contributed by atoms with E-state index in [-0.39, 0.29) is 24.7 Å². The maximum Gasteiger partial charge on any atom is 0.522 e. The number of ether oxygens (including phenoxy) is 2. The summed E-state index contributed by atoms with van der Waals surface area (Å²) >= 11 is 0. The number of H-pyrrole nitrogens is 1. The Labute approximate surface area is 182 Å². The second-order valence-electron chi connectivity index (χ2n) is 7.70. The van der Waals surface area contributed by atoms with Crippen molar-refractivity contribution in [2.45, 2.75) is 38.7 Å². The standard InChI is InChI=1S/C21H24F3N5O3/c22-21(23,24)32-11-3-10-31-19-25-12-17-18(27-19)29(20(30)26-17)14-16-6-4-15(5-7-16)13-28-8-1-2-9-28/h4-7,12H,1-3,8-11,13-14H2,(H,26,30). The number of fused-ring (bicyclic) bond motifs is 1. The highest BCUT2D eigenvalue weighted by molar-refractivity contribution is 5.69. The van der Waals surface area contributed by atoms with Crippen LogP contribution in [0.3, 0.4) is 0 Å². The summed E-state index contributed by atoms with van der Waals surface area (Å²) in [5.74, 6) is 0. The molecule has 32 heavy (non-hydrogen) atoms. The van der Waals surface area contributed by atoms with Gasteiger partial charge in [0.05, 0.1) is 26.0 Å². The average molecular weight is 451 g/mol. The van der Waals surface area contributed by atoms with Crippen LogP contribution in [0.15, 0.2) is 35.3 Å². The third kappa shape index (κ3) is 5.86. The van der Waals surface area contributed by atoms with Crippen LogP contribution < -0.4 is 10.4 Å². The van der Waals surface area contributed by atoms with E-state index in [4.69, 9.17) is 4.74 Å². The molecule has 4 rings (SSSR count).